The molecule has 0 saturated heterocycles. The summed E-state index contributed by atoms with van der Waals surface area (Å²) in [7, 11) is 0. The molecule has 0 spiro atoms. The van der Waals surface area contributed by atoms with Crippen LogP contribution in [0.5, 0.6) is 0 Å². The molecule has 0 aliphatic rings. The fourth-order valence-electron chi connectivity index (χ4n) is 1.75. The molecule has 7 nitrogen and oxygen atoms in total. The van der Waals surface area contributed by atoms with Crippen molar-refractivity contribution in [3.05, 3.63) is 57.5 Å². The molecule has 0 aliphatic heterocycles. The minimum atomic E-state index is -4.71. The molecule has 122 valence electrons. The molecule has 23 heavy (non-hydrogen) atoms. The van der Waals surface area contributed by atoms with E-state index in [0.29, 0.717) is 17.7 Å². The first kappa shape index (κ1) is 16.3. The molecule has 0 bridgehead atoms. The van der Waals surface area contributed by atoms with Gasteiger partial charge in [-0.2, -0.15) is 13.2 Å². The molecule has 2 rings (SSSR count). The van der Waals surface area contributed by atoms with Crippen molar-refractivity contribution in [2.24, 2.45) is 0 Å². The van der Waals surface area contributed by atoms with Crippen molar-refractivity contribution in [2.75, 3.05) is 5.43 Å². The Morgan fingerprint density at radius 2 is 2.00 bits per heavy atom. The molecule has 0 atom stereocenters. The summed E-state index contributed by atoms with van der Waals surface area (Å²) in [6, 6.07) is 3.44. The highest BCUT2D eigenvalue weighted by molar-refractivity contribution is 5.93. The first-order valence-electron chi connectivity index (χ1n) is 6.16. The largest absolute Gasteiger partial charge is 0.459 e. The SMILES string of the molecule is Cc1ccoc1C(=O)NNc1ccc(C(F)(F)F)cc1[N+](=O)[O-]. The zero-order valence-corrected chi connectivity index (χ0v) is 11.6. The van der Waals surface area contributed by atoms with Gasteiger partial charge in [0.15, 0.2) is 5.76 Å². The molecule has 2 aromatic rings. The van der Waals surface area contributed by atoms with Gasteiger partial charge in [-0.3, -0.25) is 25.8 Å². The van der Waals surface area contributed by atoms with Crippen molar-refractivity contribution in [1.29, 1.82) is 0 Å². The number of furan rings is 1. The maximum Gasteiger partial charge on any atom is 0.416 e. The number of nitro groups is 1. The minimum Gasteiger partial charge on any atom is -0.459 e. The number of benzene rings is 1. The summed E-state index contributed by atoms with van der Waals surface area (Å²) in [5.41, 5.74) is 2.60. The summed E-state index contributed by atoms with van der Waals surface area (Å²) in [5.74, 6) is -0.742. The minimum absolute atomic E-state index is 0.0212. The average molecular weight is 329 g/mol. The van der Waals surface area contributed by atoms with Crippen molar-refractivity contribution in [2.45, 2.75) is 13.1 Å². The number of nitrogens with one attached hydrogen (secondary N) is 2. The number of carbonyl (C=O) groups is 1. The van der Waals surface area contributed by atoms with Crippen LogP contribution >= 0.6 is 0 Å². The third-order valence-corrected chi connectivity index (χ3v) is 2.90. The van der Waals surface area contributed by atoms with Crippen molar-refractivity contribution < 1.29 is 27.3 Å². The Labute approximate surface area is 127 Å². The number of aryl methyl sites for hydroxylation is 1. The highest BCUT2D eigenvalue weighted by Gasteiger charge is 2.33. The van der Waals surface area contributed by atoms with E-state index in [0.717, 1.165) is 6.07 Å². The number of hydrogen-bond acceptors (Lipinski definition) is 5. The monoisotopic (exact) mass is 329 g/mol. The van der Waals surface area contributed by atoms with E-state index in [1.54, 1.807) is 6.92 Å². The van der Waals surface area contributed by atoms with Gasteiger partial charge in [0.05, 0.1) is 16.7 Å². The lowest BCUT2D eigenvalue weighted by Gasteiger charge is -2.11. The normalized spacial score (nSPS) is 11.1. The molecule has 0 radical (unpaired) electrons. The van der Waals surface area contributed by atoms with Crippen LogP contribution in [0.15, 0.2) is 34.9 Å². The van der Waals surface area contributed by atoms with Gasteiger partial charge < -0.3 is 4.42 Å². The Morgan fingerprint density at radius 3 is 2.52 bits per heavy atom. The van der Waals surface area contributed by atoms with Crippen LogP contribution in [0.2, 0.25) is 0 Å². The Morgan fingerprint density at radius 1 is 1.30 bits per heavy atom. The zero-order valence-electron chi connectivity index (χ0n) is 11.6. The van der Waals surface area contributed by atoms with Gasteiger partial charge >= 0.3 is 12.1 Å². The van der Waals surface area contributed by atoms with Gasteiger partial charge in [0.25, 0.3) is 5.69 Å². The van der Waals surface area contributed by atoms with Crippen LogP contribution in [-0.4, -0.2) is 10.8 Å². The lowest BCUT2D eigenvalue weighted by atomic mass is 10.1. The second-order valence-corrected chi connectivity index (χ2v) is 4.50. The second-order valence-electron chi connectivity index (χ2n) is 4.50. The number of hydrogen-bond donors (Lipinski definition) is 2. The third-order valence-electron chi connectivity index (χ3n) is 2.90. The van der Waals surface area contributed by atoms with Crippen LogP contribution in [0, 0.1) is 17.0 Å². The standard InChI is InChI=1S/C13H10F3N3O4/c1-7-4-5-23-11(7)12(20)18-17-9-3-2-8(13(14,15)16)6-10(9)19(21)22/h2-6,17H,1H3,(H,18,20). The molecule has 0 aliphatic carbocycles. The fourth-order valence-corrected chi connectivity index (χ4v) is 1.75. The van der Waals surface area contributed by atoms with E-state index >= 15 is 0 Å². The molecule has 1 aromatic heterocycles. The van der Waals surface area contributed by atoms with Crippen LogP contribution in [-0.2, 0) is 6.18 Å². The first-order chi connectivity index (χ1) is 10.7. The molecular formula is C13H10F3N3O4. The Kier molecular flexibility index (Phi) is 4.25. The van der Waals surface area contributed by atoms with Gasteiger partial charge in [-0.15, -0.1) is 0 Å². The summed E-state index contributed by atoms with van der Waals surface area (Å²) in [6.07, 6.45) is -3.43. The summed E-state index contributed by atoms with van der Waals surface area (Å²) in [6.45, 7) is 1.61. The van der Waals surface area contributed by atoms with E-state index in [9.17, 15) is 28.1 Å². The summed E-state index contributed by atoms with van der Waals surface area (Å²) < 4.78 is 42.7. The number of anilines is 1. The first-order valence-corrected chi connectivity index (χ1v) is 6.16. The van der Waals surface area contributed by atoms with Gasteiger partial charge in [-0.1, -0.05) is 0 Å². The predicted molar refractivity (Wildman–Crippen MR) is 72.6 cm³/mol. The van der Waals surface area contributed by atoms with Gasteiger partial charge in [0, 0.05) is 11.6 Å². The van der Waals surface area contributed by atoms with Gasteiger partial charge in [0.1, 0.15) is 5.69 Å². The highest BCUT2D eigenvalue weighted by atomic mass is 19.4. The number of nitro benzene ring substituents is 1. The molecule has 2 N–H and O–H groups in total. The average Bonchev–Trinajstić information content (AvgIpc) is 2.89. The maximum absolute atomic E-state index is 12.6. The number of alkyl halides is 3. The lowest BCUT2D eigenvalue weighted by Crippen LogP contribution is -2.29. The molecule has 1 amide bonds. The fraction of sp³-hybridized carbons (Fsp3) is 0.154. The van der Waals surface area contributed by atoms with Crippen LogP contribution in [0.1, 0.15) is 21.7 Å². The number of carbonyl (C=O) groups excluding carboxylic acids is 1. The smallest absolute Gasteiger partial charge is 0.416 e. The number of halogens is 3. The number of amides is 1. The molecule has 1 heterocycles. The predicted octanol–water partition coefficient (Wildman–Crippen LogP) is 3.27. The lowest BCUT2D eigenvalue weighted by molar-refractivity contribution is -0.384. The van der Waals surface area contributed by atoms with Crippen molar-refractivity contribution >= 4 is 17.3 Å². The van der Waals surface area contributed by atoms with Crippen LogP contribution < -0.4 is 10.9 Å². The maximum atomic E-state index is 12.6. The quantitative estimate of drug-likeness (QED) is 0.663. The van der Waals surface area contributed by atoms with Gasteiger partial charge in [-0.25, -0.2) is 0 Å². The zero-order chi connectivity index (χ0) is 17.2. The second kappa shape index (κ2) is 5.99. The summed E-state index contributed by atoms with van der Waals surface area (Å²) >= 11 is 0. The Bertz CT molecular complexity index is 755. The van der Waals surface area contributed by atoms with Crippen molar-refractivity contribution in [1.82, 2.24) is 5.43 Å². The van der Waals surface area contributed by atoms with E-state index in [1.165, 1.54) is 12.3 Å². The molecule has 0 fully saturated rings. The molecular weight excluding hydrogens is 319 g/mol. The number of nitrogens with zero attached hydrogens (tertiary/aromatic N) is 1. The number of hydrazine groups is 1. The van der Waals surface area contributed by atoms with E-state index in [2.05, 4.69) is 10.9 Å². The van der Waals surface area contributed by atoms with Gasteiger partial charge in [-0.05, 0) is 25.1 Å². The van der Waals surface area contributed by atoms with Gasteiger partial charge in [0.2, 0.25) is 0 Å². The van der Waals surface area contributed by atoms with E-state index in [1.807, 2.05) is 0 Å². The van der Waals surface area contributed by atoms with Crippen LogP contribution in [0.25, 0.3) is 0 Å². The van der Waals surface area contributed by atoms with Crippen molar-refractivity contribution in [3.63, 3.8) is 0 Å². The third kappa shape index (κ3) is 3.59. The van der Waals surface area contributed by atoms with Crippen molar-refractivity contribution in [3.8, 4) is 0 Å². The number of rotatable bonds is 4. The Balaban J connectivity index is 2.21. The Hall–Kier alpha value is -3.04. The molecule has 0 unspecified atom stereocenters. The van der Waals surface area contributed by atoms with E-state index in [4.69, 9.17) is 4.42 Å². The van der Waals surface area contributed by atoms with E-state index < -0.39 is 28.3 Å². The summed E-state index contributed by atoms with van der Waals surface area (Å²) in [4.78, 5) is 21.7. The topological polar surface area (TPSA) is 97.4 Å². The molecule has 1 aromatic carbocycles. The van der Waals surface area contributed by atoms with Crippen LogP contribution in [0.3, 0.4) is 0 Å². The highest BCUT2D eigenvalue weighted by Crippen LogP contribution is 2.34. The summed E-state index contributed by atoms with van der Waals surface area (Å²) in [5, 5.41) is 10.9. The van der Waals surface area contributed by atoms with E-state index in [-0.39, 0.29) is 11.4 Å². The molecule has 10 heteroatoms. The molecule has 0 saturated carbocycles. The van der Waals surface area contributed by atoms with Crippen LogP contribution in [0.4, 0.5) is 24.5 Å².